The number of nitro benzene ring substituents is 1. The molecule has 1 aliphatic heterocycles. The van der Waals surface area contributed by atoms with Crippen molar-refractivity contribution in [3.8, 4) is 0 Å². The summed E-state index contributed by atoms with van der Waals surface area (Å²) in [5.74, 6) is 0.0890. The number of anilines is 1. The minimum Gasteiger partial charge on any atom is -0.391 e. The zero-order valence-corrected chi connectivity index (χ0v) is 14.0. The summed E-state index contributed by atoms with van der Waals surface area (Å²) < 4.78 is 0. The number of nitrogens with zero attached hydrogens (tertiary/aromatic N) is 2. The van der Waals surface area contributed by atoms with Crippen molar-refractivity contribution in [3.63, 3.8) is 0 Å². The van der Waals surface area contributed by atoms with E-state index in [0.29, 0.717) is 19.4 Å². The highest BCUT2D eigenvalue weighted by atomic mass is 16.6. The molecule has 1 aliphatic rings. The number of hydrogen-bond acceptors (Lipinski definition) is 5. The molecule has 0 radical (unpaired) electrons. The van der Waals surface area contributed by atoms with E-state index in [2.05, 4.69) is 5.32 Å². The van der Waals surface area contributed by atoms with Crippen LogP contribution in [0, 0.1) is 10.1 Å². The van der Waals surface area contributed by atoms with Crippen LogP contribution >= 0.6 is 0 Å². The van der Waals surface area contributed by atoms with E-state index in [4.69, 9.17) is 0 Å². The van der Waals surface area contributed by atoms with Crippen LogP contribution in [0.15, 0.2) is 24.3 Å². The summed E-state index contributed by atoms with van der Waals surface area (Å²) in [6.45, 7) is 3.09. The third-order valence-electron chi connectivity index (χ3n) is 4.40. The van der Waals surface area contributed by atoms with Gasteiger partial charge in [-0.15, -0.1) is 0 Å². The summed E-state index contributed by atoms with van der Waals surface area (Å²) in [5.41, 5.74) is 0.859. The number of rotatable bonds is 7. The maximum atomic E-state index is 12.4. The molecular formula is C17H25N3O4. The van der Waals surface area contributed by atoms with Crippen molar-refractivity contribution >= 4 is 17.3 Å². The molecule has 2 rings (SSSR count). The molecule has 132 valence electrons. The molecule has 7 heteroatoms. The van der Waals surface area contributed by atoms with E-state index < -0.39 is 11.0 Å². The topological polar surface area (TPSA) is 95.7 Å². The van der Waals surface area contributed by atoms with Crippen molar-refractivity contribution in [3.05, 3.63) is 34.4 Å². The number of benzene rings is 1. The number of aliphatic hydroxyl groups is 1. The number of likely N-dealkylation sites (tertiary alicyclic amines) is 1. The predicted molar refractivity (Wildman–Crippen MR) is 91.9 cm³/mol. The molecule has 1 saturated heterocycles. The third-order valence-corrected chi connectivity index (χ3v) is 4.40. The van der Waals surface area contributed by atoms with Gasteiger partial charge in [-0.05, 0) is 44.7 Å². The molecule has 0 aromatic heterocycles. The Bertz CT molecular complexity index is 559. The highest BCUT2D eigenvalue weighted by molar-refractivity contribution is 5.76. The molecule has 2 unspecified atom stereocenters. The summed E-state index contributed by atoms with van der Waals surface area (Å²) in [6.07, 6.45) is 3.54. The van der Waals surface area contributed by atoms with Crippen LogP contribution in [0.25, 0.3) is 0 Å². The molecule has 24 heavy (non-hydrogen) atoms. The number of carbonyl (C=O) groups excluding carboxylic acids is 1. The van der Waals surface area contributed by atoms with Crippen molar-refractivity contribution in [2.24, 2.45) is 0 Å². The lowest BCUT2D eigenvalue weighted by atomic mass is 9.97. The van der Waals surface area contributed by atoms with E-state index in [-0.39, 0.29) is 17.6 Å². The largest absolute Gasteiger partial charge is 0.391 e. The van der Waals surface area contributed by atoms with Gasteiger partial charge in [0.25, 0.3) is 5.69 Å². The second-order valence-corrected chi connectivity index (χ2v) is 6.23. The van der Waals surface area contributed by atoms with Crippen molar-refractivity contribution in [2.45, 2.75) is 51.2 Å². The van der Waals surface area contributed by atoms with Crippen LogP contribution in [-0.4, -0.2) is 46.1 Å². The van der Waals surface area contributed by atoms with Gasteiger partial charge in [-0.3, -0.25) is 14.9 Å². The van der Waals surface area contributed by atoms with Crippen LogP contribution in [0.1, 0.15) is 39.0 Å². The SMILES string of the molecule is CC(O)C1CCCCN1C(=O)CCCNc1ccc([N+](=O)[O-])cc1. The summed E-state index contributed by atoms with van der Waals surface area (Å²) >= 11 is 0. The third kappa shape index (κ3) is 4.92. The van der Waals surface area contributed by atoms with Gasteiger partial charge in [-0.25, -0.2) is 0 Å². The van der Waals surface area contributed by atoms with E-state index in [1.807, 2.05) is 4.90 Å². The number of nitro groups is 1. The fourth-order valence-corrected chi connectivity index (χ4v) is 3.09. The van der Waals surface area contributed by atoms with Gasteiger partial charge in [0.1, 0.15) is 0 Å². The standard InChI is InChI=1S/C17H25N3O4/c1-13(21)16-5-2-3-12-19(16)17(22)6-4-11-18-14-7-9-15(10-8-14)20(23)24/h7-10,13,16,18,21H,2-6,11-12H2,1H3. The molecule has 1 fully saturated rings. The van der Waals surface area contributed by atoms with Crippen LogP contribution in [0.2, 0.25) is 0 Å². The van der Waals surface area contributed by atoms with Gasteiger partial charge in [0.05, 0.1) is 17.1 Å². The zero-order chi connectivity index (χ0) is 17.5. The lowest BCUT2D eigenvalue weighted by molar-refractivity contribution is -0.384. The number of piperidine rings is 1. The van der Waals surface area contributed by atoms with Gasteiger partial charge in [-0.1, -0.05) is 0 Å². The molecule has 1 amide bonds. The van der Waals surface area contributed by atoms with Gasteiger partial charge < -0.3 is 15.3 Å². The fraction of sp³-hybridized carbons (Fsp3) is 0.588. The molecule has 1 aromatic carbocycles. The van der Waals surface area contributed by atoms with Crippen LogP contribution in [0.5, 0.6) is 0 Å². The Morgan fingerprint density at radius 3 is 2.75 bits per heavy atom. The predicted octanol–water partition coefficient (Wildman–Crippen LogP) is 2.55. The van der Waals surface area contributed by atoms with E-state index in [9.17, 15) is 20.0 Å². The Morgan fingerprint density at radius 2 is 2.12 bits per heavy atom. The molecule has 7 nitrogen and oxygen atoms in total. The number of carbonyl (C=O) groups is 1. The Kier molecular flexibility index (Phi) is 6.54. The summed E-state index contributed by atoms with van der Waals surface area (Å²) in [5, 5.41) is 23.6. The van der Waals surface area contributed by atoms with E-state index in [1.54, 1.807) is 19.1 Å². The molecule has 0 saturated carbocycles. The lowest BCUT2D eigenvalue weighted by Gasteiger charge is -2.37. The minimum absolute atomic E-state index is 0.0602. The first-order chi connectivity index (χ1) is 11.5. The Balaban J connectivity index is 1.75. The maximum absolute atomic E-state index is 12.4. The number of hydrogen-bond donors (Lipinski definition) is 2. The average molecular weight is 335 g/mol. The van der Waals surface area contributed by atoms with Gasteiger partial charge in [0.15, 0.2) is 0 Å². The van der Waals surface area contributed by atoms with Crippen LogP contribution < -0.4 is 5.32 Å². The van der Waals surface area contributed by atoms with Crippen molar-refractivity contribution in [1.82, 2.24) is 4.90 Å². The van der Waals surface area contributed by atoms with E-state index >= 15 is 0 Å². The van der Waals surface area contributed by atoms with Gasteiger partial charge in [0.2, 0.25) is 5.91 Å². The molecule has 0 aliphatic carbocycles. The first-order valence-electron chi connectivity index (χ1n) is 8.45. The first-order valence-corrected chi connectivity index (χ1v) is 8.45. The molecule has 0 bridgehead atoms. The summed E-state index contributed by atoms with van der Waals surface area (Å²) in [6, 6.07) is 6.17. The van der Waals surface area contributed by atoms with Crippen molar-refractivity contribution in [2.75, 3.05) is 18.4 Å². The maximum Gasteiger partial charge on any atom is 0.269 e. The van der Waals surface area contributed by atoms with Crippen LogP contribution in [-0.2, 0) is 4.79 Å². The highest BCUT2D eigenvalue weighted by Crippen LogP contribution is 2.21. The zero-order valence-electron chi connectivity index (χ0n) is 14.0. The minimum atomic E-state index is -0.493. The normalized spacial score (nSPS) is 18.9. The number of aliphatic hydroxyl groups excluding tert-OH is 1. The molecule has 1 aromatic rings. The lowest BCUT2D eigenvalue weighted by Crippen LogP contribution is -2.48. The summed E-state index contributed by atoms with van der Waals surface area (Å²) in [4.78, 5) is 24.3. The van der Waals surface area contributed by atoms with Gasteiger partial charge in [0, 0.05) is 37.3 Å². The van der Waals surface area contributed by atoms with Crippen LogP contribution in [0.4, 0.5) is 11.4 Å². The smallest absolute Gasteiger partial charge is 0.269 e. The molecule has 1 heterocycles. The number of non-ortho nitro benzene ring substituents is 1. The molecular weight excluding hydrogens is 310 g/mol. The van der Waals surface area contributed by atoms with Crippen LogP contribution in [0.3, 0.4) is 0 Å². The Labute approximate surface area is 141 Å². The average Bonchev–Trinajstić information content (AvgIpc) is 2.58. The second-order valence-electron chi connectivity index (χ2n) is 6.23. The Hall–Kier alpha value is -2.15. The monoisotopic (exact) mass is 335 g/mol. The van der Waals surface area contributed by atoms with E-state index in [0.717, 1.165) is 31.5 Å². The first kappa shape index (κ1) is 18.2. The van der Waals surface area contributed by atoms with Crippen molar-refractivity contribution in [1.29, 1.82) is 0 Å². The Morgan fingerprint density at radius 1 is 1.42 bits per heavy atom. The summed E-state index contributed by atoms with van der Waals surface area (Å²) in [7, 11) is 0. The van der Waals surface area contributed by atoms with Crippen molar-refractivity contribution < 1.29 is 14.8 Å². The number of amides is 1. The van der Waals surface area contributed by atoms with E-state index in [1.165, 1.54) is 12.1 Å². The van der Waals surface area contributed by atoms with Gasteiger partial charge in [-0.2, -0.15) is 0 Å². The highest BCUT2D eigenvalue weighted by Gasteiger charge is 2.29. The second kappa shape index (κ2) is 8.63. The fourth-order valence-electron chi connectivity index (χ4n) is 3.09. The molecule has 2 atom stereocenters. The number of nitrogens with one attached hydrogen (secondary N) is 1. The molecule has 0 spiro atoms. The molecule has 2 N–H and O–H groups in total. The quantitative estimate of drug-likeness (QED) is 0.453. The van der Waals surface area contributed by atoms with Gasteiger partial charge >= 0.3 is 0 Å².